The number of nitrogens with zero attached hydrogens (tertiary/aromatic N) is 3. The lowest BCUT2D eigenvalue weighted by Gasteiger charge is -2.19. The lowest BCUT2D eigenvalue weighted by Crippen LogP contribution is -2.45. The summed E-state index contributed by atoms with van der Waals surface area (Å²) in [5.41, 5.74) is 2.19. The maximum atomic E-state index is 11.5. The van der Waals surface area contributed by atoms with Crippen molar-refractivity contribution in [1.29, 1.82) is 0 Å². The summed E-state index contributed by atoms with van der Waals surface area (Å²) in [4.78, 5) is 4.18. The van der Waals surface area contributed by atoms with Crippen LogP contribution in [0.25, 0.3) is 0 Å². The fourth-order valence-electron chi connectivity index (χ4n) is 2.79. The summed E-state index contributed by atoms with van der Waals surface area (Å²) in [6.07, 6.45) is 0.643. The summed E-state index contributed by atoms with van der Waals surface area (Å²) in [6.45, 7) is 7.78. The van der Waals surface area contributed by atoms with Crippen LogP contribution >= 0.6 is 24.0 Å². The fraction of sp³-hybridized carbons (Fsp3) is 0.733. The van der Waals surface area contributed by atoms with Gasteiger partial charge in [-0.15, -0.1) is 24.0 Å². The van der Waals surface area contributed by atoms with Crippen LogP contribution in [0.4, 0.5) is 0 Å². The molecule has 7 nitrogen and oxygen atoms in total. The number of nitrogens with one attached hydrogen (secondary N) is 2. The second-order valence-electron chi connectivity index (χ2n) is 6.41. The molecule has 0 amide bonds. The molecular formula is C15H28IN5O2S. The summed E-state index contributed by atoms with van der Waals surface area (Å²) < 4.78 is 25.0. The van der Waals surface area contributed by atoms with Gasteiger partial charge in [-0.25, -0.2) is 8.42 Å². The summed E-state index contributed by atoms with van der Waals surface area (Å²) in [7, 11) is -1.18. The first-order chi connectivity index (χ1) is 10.8. The Bertz CT molecular complexity index is 671. The quantitative estimate of drug-likeness (QED) is 0.383. The van der Waals surface area contributed by atoms with E-state index in [9.17, 15) is 8.42 Å². The van der Waals surface area contributed by atoms with E-state index in [4.69, 9.17) is 0 Å². The van der Waals surface area contributed by atoms with Gasteiger partial charge in [0.05, 0.1) is 17.2 Å². The fourth-order valence-corrected chi connectivity index (χ4v) is 4.46. The second-order valence-corrected chi connectivity index (χ2v) is 8.64. The number of guanidine groups is 1. The van der Waals surface area contributed by atoms with Crippen molar-refractivity contribution in [2.75, 3.05) is 25.1 Å². The van der Waals surface area contributed by atoms with Crippen molar-refractivity contribution in [3.8, 4) is 0 Å². The van der Waals surface area contributed by atoms with Crippen LogP contribution in [0, 0.1) is 19.8 Å². The standard InChI is InChI=1S/C15H27N5O2S.HI/c1-11(9-20-13(3)7-12(2)19-20)8-17-15(16-4)18-14-5-6-23(21,22)10-14;/h7,11,14H,5-6,8-10H2,1-4H3,(H2,16,17,18);1H. The van der Waals surface area contributed by atoms with Gasteiger partial charge in [0.25, 0.3) is 0 Å². The normalized spacial score (nSPS) is 21.2. The van der Waals surface area contributed by atoms with Crippen LogP contribution in [0.15, 0.2) is 11.1 Å². The zero-order chi connectivity index (χ0) is 17.0. The summed E-state index contributed by atoms with van der Waals surface area (Å²) >= 11 is 0. The third kappa shape index (κ3) is 6.23. The molecule has 2 atom stereocenters. The van der Waals surface area contributed by atoms with Crippen LogP contribution in [0.2, 0.25) is 0 Å². The van der Waals surface area contributed by atoms with Crippen molar-refractivity contribution in [2.24, 2.45) is 10.9 Å². The van der Waals surface area contributed by atoms with E-state index in [0.717, 1.165) is 24.5 Å². The highest BCUT2D eigenvalue weighted by molar-refractivity contribution is 14.0. The number of aromatic nitrogens is 2. The molecule has 0 saturated carbocycles. The lowest BCUT2D eigenvalue weighted by molar-refractivity contribution is 0.435. The Hall–Kier alpha value is -0.840. The molecule has 0 radical (unpaired) electrons. The van der Waals surface area contributed by atoms with Gasteiger partial charge in [0.1, 0.15) is 0 Å². The maximum Gasteiger partial charge on any atom is 0.191 e. The van der Waals surface area contributed by atoms with Gasteiger partial charge >= 0.3 is 0 Å². The van der Waals surface area contributed by atoms with E-state index in [1.807, 2.05) is 11.6 Å². The van der Waals surface area contributed by atoms with Crippen LogP contribution in [0.1, 0.15) is 24.7 Å². The predicted molar refractivity (Wildman–Crippen MR) is 108 cm³/mol. The van der Waals surface area contributed by atoms with Gasteiger partial charge in [0.15, 0.2) is 15.8 Å². The monoisotopic (exact) mass is 469 g/mol. The molecule has 138 valence electrons. The minimum atomic E-state index is -2.88. The number of hydrogen-bond donors (Lipinski definition) is 2. The Balaban J connectivity index is 0.00000288. The molecule has 1 saturated heterocycles. The van der Waals surface area contributed by atoms with E-state index < -0.39 is 9.84 Å². The molecule has 1 fully saturated rings. The first kappa shape index (κ1) is 21.2. The van der Waals surface area contributed by atoms with Crippen LogP contribution < -0.4 is 10.6 Å². The number of rotatable bonds is 5. The average molecular weight is 469 g/mol. The molecule has 9 heteroatoms. The minimum absolute atomic E-state index is 0. The van der Waals surface area contributed by atoms with E-state index in [0.29, 0.717) is 18.3 Å². The molecule has 0 spiro atoms. The molecule has 2 unspecified atom stereocenters. The van der Waals surface area contributed by atoms with Gasteiger partial charge < -0.3 is 10.6 Å². The third-order valence-electron chi connectivity index (χ3n) is 4.00. The highest BCUT2D eigenvalue weighted by Gasteiger charge is 2.28. The van der Waals surface area contributed by atoms with Crippen LogP contribution in [0.3, 0.4) is 0 Å². The molecule has 0 aliphatic carbocycles. The molecule has 1 aliphatic heterocycles. The van der Waals surface area contributed by atoms with Crippen LogP contribution in [-0.4, -0.2) is 55.3 Å². The first-order valence-electron chi connectivity index (χ1n) is 7.97. The Labute approximate surface area is 161 Å². The topological polar surface area (TPSA) is 88.4 Å². The van der Waals surface area contributed by atoms with Crippen molar-refractivity contribution in [2.45, 2.75) is 39.8 Å². The Morgan fingerprint density at radius 1 is 1.50 bits per heavy atom. The van der Waals surface area contributed by atoms with Gasteiger partial charge in [-0.05, 0) is 32.3 Å². The maximum absolute atomic E-state index is 11.5. The molecule has 24 heavy (non-hydrogen) atoms. The molecule has 2 N–H and O–H groups in total. The molecule has 0 aromatic carbocycles. The minimum Gasteiger partial charge on any atom is -0.356 e. The van der Waals surface area contributed by atoms with Gasteiger partial charge in [-0.3, -0.25) is 9.67 Å². The number of sulfone groups is 1. The number of aryl methyl sites for hydroxylation is 2. The first-order valence-corrected chi connectivity index (χ1v) is 9.80. The number of halogens is 1. The highest BCUT2D eigenvalue weighted by atomic mass is 127. The summed E-state index contributed by atoms with van der Waals surface area (Å²) in [5, 5.41) is 10.9. The molecule has 2 rings (SSSR count). The lowest BCUT2D eigenvalue weighted by atomic mass is 10.2. The molecule has 1 aromatic heterocycles. The zero-order valence-electron chi connectivity index (χ0n) is 14.7. The van der Waals surface area contributed by atoms with Crippen molar-refractivity contribution < 1.29 is 8.42 Å². The predicted octanol–water partition coefficient (Wildman–Crippen LogP) is 1.11. The Morgan fingerprint density at radius 3 is 2.71 bits per heavy atom. The third-order valence-corrected chi connectivity index (χ3v) is 5.77. The van der Waals surface area contributed by atoms with E-state index in [-0.39, 0.29) is 41.5 Å². The van der Waals surface area contributed by atoms with Gasteiger partial charge in [0.2, 0.25) is 0 Å². The van der Waals surface area contributed by atoms with E-state index in [1.165, 1.54) is 0 Å². The van der Waals surface area contributed by atoms with Crippen molar-refractivity contribution in [3.63, 3.8) is 0 Å². The summed E-state index contributed by atoms with van der Waals surface area (Å²) in [6, 6.07) is 2.03. The van der Waals surface area contributed by atoms with Crippen LogP contribution in [-0.2, 0) is 16.4 Å². The van der Waals surface area contributed by atoms with Crippen LogP contribution in [0.5, 0.6) is 0 Å². The average Bonchev–Trinajstić information content (AvgIpc) is 2.96. The SMILES string of the molecule is CN=C(NCC(C)Cn1nc(C)cc1C)NC1CCS(=O)(=O)C1.I. The van der Waals surface area contributed by atoms with Gasteiger partial charge in [-0.1, -0.05) is 6.92 Å². The highest BCUT2D eigenvalue weighted by Crippen LogP contribution is 2.11. The van der Waals surface area contributed by atoms with E-state index >= 15 is 0 Å². The van der Waals surface area contributed by atoms with Gasteiger partial charge in [-0.2, -0.15) is 5.10 Å². The zero-order valence-corrected chi connectivity index (χ0v) is 17.9. The molecule has 0 bridgehead atoms. The molecular weight excluding hydrogens is 441 g/mol. The molecule has 2 heterocycles. The van der Waals surface area contributed by atoms with Crippen molar-refractivity contribution >= 4 is 39.8 Å². The number of hydrogen-bond acceptors (Lipinski definition) is 4. The number of aliphatic imine (C=N–C) groups is 1. The summed E-state index contributed by atoms with van der Waals surface area (Å²) in [5.74, 6) is 1.48. The smallest absolute Gasteiger partial charge is 0.191 e. The van der Waals surface area contributed by atoms with E-state index in [2.05, 4.69) is 40.6 Å². The second kappa shape index (κ2) is 9.02. The van der Waals surface area contributed by atoms with E-state index in [1.54, 1.807) is 7.05 Å². The Morgan fingerprint density at radius 2 is 2.21 bits per heavy atom. The van der Waals surface area contributed by atoms with Crippen molar-refractivity contribution in [1.82, 2.24) is 20.4 Å². The largest absolute Gasteiger partial charge is 0.356 e. The van der Waals surface area contributed by atoms with Gasteiger partial charge in [0, 0.05) is 31.9 Å². The Kier molecular flexibility index (Phi) is 7.97. The van der Waals surface area contributed by atoms with Crippen molar-refractivity contribution in [3.05, 3.63) is 17.5 Å². The molecule has 1 aromatic rings. The molecule has 1 aliphatic rings.